The number of imidazole rings is 1. The Morgan fingerprint density at radius 3 is 2.71 bits per heavy atom. The van der Waals surface area contributed by atoms with Crippen LogP contribution in [0.5, 0.6) is 0 Å². The van der Waals surface area contributed by atoms with E-state index in [9.17, 15) is 4.79 Å². The molecule has 0 radical (unpaired) electrons. The molecule has 0 saturated carbocycles. The van der Waals surface area contributed by atoms with Crippen LogP contribution in [0.25, 0.3) is 16.9 Å². The minimum Gasteiger partial charge on any atom is -0.311 e. The second-order valence-electron chi connectivity index (χ2n) is 5.42. The van der Waals surface area contributed by atoms with Crippen LogP contribution in [0.15, 0.2) is 35.3 Å². The first kappa shape index (κ1) is 12.7. The number of rotatable bonds is 1. The Morgan fingerprint density at radius 1 is 1.14 bits per heavy atom. The molecule has 1 N–H and O–H groups in total. The van der Waals surface area contributed by atoms with Crippen molar-refractivity contribution in [2.75, 3.05) is 0 Å². The van der Waals surface area contributed by atoms with Gasteiger partial charge in [-0.2, -0.15) is 0 Å². The van der Waals surface area contributed by atoms with Crippen LogP contribution < -0.4 is 5.69 Å². The van der Waals surface area contributed by atoms with Crippen LogP contribution in [0.4, 0.5) is 0 Å². The minimum absolute atomic E-state index is 0.113. The standard InChI is InChI=1S/C16H14ClN3O/c17-11-7-5-10(6-8-11)14-9-20-15(18-14)12-3-1-2-4-13(12)19-16(20)21/h5-9H,1-4H2,(H,19,21). The Kier molecular flexibility index (Phi) is 2.86. The first-order chi connectivity index (χ1) is 10.2. The maximum Gasteiger partial charge on any atom is 0.331 e. The summed E-state index contributed by atoms with van der Waals surface area (Å²) in [5.41, 5.74) is 4.67. The minimum atomic E-state index is -0.113. The summed E-state index contributed by atoms with van der Waals surface area (Å²) in [4.78, 5) is 19.9. The van der Waals surface area contributed by atoms with Crippen molar-refractivity contribution in [3.63, 3.8) is 0 Å². The van der Waals surface area contributed by atoms with Crippen molar-refractivity contribution < 1.29 is 0 Å². The highest BCUT2D eigenvalue weighted by atomic mass is 35.5. The van der Waals surface area contributed by atoms with E-state index in [0.717, 1.165) is 48.3 Å². The van der Waals surface area contributed by atoms with E-state index in [1.807, 2.05) is 24.3 Å². The quantitative estimate of drug-likeness (QED) is 0.750. The fraction of sp³-hybridized carbons (Fsp3) is 0.250. The third kappa shape index (κ3) is 2.07. The van der Waals surface area contributed by atoms with Crippen LogP contribution in [0.3, 0.4) is 0 Å². The van der Waals surface area contributed by atoms with Crippen LogP contribution in [-0.2, 0) is 12.8 Å². The normalized spacial score (nSPS) is 14.3. The van der Waals surface area contributed by atoms with E-state index >= 15 is 0 Å². The van der Waals surface area contributed by atoms with Crippen molar-refractivity contribution in [3.05, 3.63) is 57.2 Å². The number of nitrogens with one attached hydrogen (secondary N) is 1. The number of aryl methyl sites for hydroxylation is 2. The van der Waals surface area contributed by atoms with Crippen molar-refractivity contribution in [2.24, 2.45) is 0 Å². The van der Waals surface area contributed by atoms with E-state index in [1.165, 1.54) is 5.56 Å². The number of aromatic nitrogens is 3. The van der Waals surface area contributed by atoms with Gasteiger partial charge in [0.15, 0.2) is 0 Å². The third-order valence-electron chi connectivity index (χ3n) is 4.06. The van der Waals surface area contributed by atoms with E-state index < -0.39 is 0 Å². The molecule has 0 saturated heterocycles. The van der Waals surface area contributed by atoms with Crippen molar-refractivity contribution in [3.8, 4) is 11.3 Å². The van der Waals surface area contributed by atoms with Crippen molar-refractivity contribution >= 4 is 17.2 Å². The molecule has 3 aromatic rings. The Hall–Kier alpha value is -2.07. The number of fused-ring (bicyclic) bond motifs is 3. The lowest BCUT2D eigenvalue weighted by atomic mass is 9.97. The molecule has 4 nitrogen and oxygen atoms in total. The summed E-state index contributed by atoms with van der Waals surface area (Å²) in [7, 11) is 0. The van der Waals surface area contributed by atoms with Gasteiger partial charge in [-0.1, -0.05) is 23.7 Å². The molecule has 1 aliphatic carbocycles. The number of hydrogen-bond donors (Lipinski definition) is 1. The number of hydrogen-bond acceptors (Lipinski definition) is 2. The number of aromatic amines is 1. The molecule has 2 heterocycles. The zero-order valence-electron chi connectivity index (χ0n) is 11.4. The van der Waals surface area contributed by atoms with E-state index in [0.29, 0.717) is 5.02 Å². The van der Waals surface area contributed by atoms with Gasteiger partial charge in [-0.3, -0.25) is 4.40 Å². The predicted molar refractivity (Wildman–Crippen MR) is 82.9 cm³/mol. The number of nitrogens with zero attached hydrogens (tertiary/aromatic N) is 2. The zero-order chi connectivity index (χ0) is 14.4. The van der Waals surface area contributed by atoms with Gasteiger partial charge in [0.05, 0.1) is 5.69 Å². The molecule has 1 aliphatic rings. The number of halogens is 1. The molecular weight excluding hydrogens is 286 g/mol. The molecule has 4 rings (SSSR count). The van der Waals surface area contributed by atoms with Gasteiger partial charge >= 0.3 is 5.69 Å². The molecule has 5 heteroatoms. The highest BCUT2D eigenvalue weighted by molar-refractivity contribution is 6.30. The van der Waals surface area contributed by atoms with Gasteiger partial charge in [-0.05, 0) is 37.8 Å². The van der Waals surface area contributed by atoms with Crippen molar-refractivity contribution in [1.29, 1.82) is 0 Å². The maximum absolute atomic E-state index is 12.2. The molecule has 0 aliphatic heterocycles. The fourth-order valence-corrected chi connectivity index (χ4v) is 3.11. The molecule has 2 aromatic heterocycles. The van der Waals surface area contributed by atoms with Crippen molar-refractivity contribution in [1.82, 2.24) is 14.4 Å². The molecule has 0 unspecified atom stereocenters. The topological polar surface area (TPSA) is 50.2 Å². The van der Waals surface area contributed by atoms with Gasteiger partial charge in [0.1, 0.15) is 5.65 Å². The summed E-state index contributed by atoms with van der Waals surface area (Å²) in [6.45, 7) is 0. The van der Waals surface area contributed by atoms with Crippen LogP contribution in [-0.4, -0.2) is 14.4 Å². The molecule has 106 valence electrons. The Balaban J connectivity index is 1.95. The largest absolute Gasteiger partial charge is 0.331 e. The highest BCUT2D eigenvalue weighted by Crippen LogP contribution is 2.25. The molecule has 0 bridgehead atoms. The summed E-state index contributed by atoms with van der Waals surface area (Å²) in [5, 5.41) is 0.692. The highest BCUT2D eigenvalue weighted by Gasteiger charge is 2.17. The lowest BCUT2D eigenvalue weighted by Gasteiger charge is -2.15. The van der Waals surface area contributed by atoms with Crippen molar-refractivity contribution in [2.45, 2.75) is 25.7 Å². The molecular formula is C16H14ClN3O. The summed E-state index contributed by atoms with van der Waals surface area (Å²) < 4.78 is 1.62. The summed E-state index contributed by atoms with van der Waals surface area (Å²) in [6, 6.07) is 7.51. The average molecular weight is 300 g/mol. The SMILES string of the molecule is O=c1[nH]c2c(c3nc(-c4ccc(Cl)cc4)cn13)CCCC2. The molecule has 21 heavy (non-hydrogen) atoms. The first-order valence-electron chi connectivity index (χ1n) is 7.11. The molecule has 0 amide bonds. The number of benzene rings is 1. The van der Waals surface area contributed by atoms with E-state index in [1.54, 1.807) is 10.6 Å². The van der Waals surface area contributed by atoms with E-state index in [4.69, 9.17) is 11.6 Å². The zero-order valence-corrected chi connectivity index (χ0v) is 12.2. The van der Waals surface area contributed by atoms with E-state index in [-0.39, 0.29) is 5.69 Å². The van der Waals surface area contributed by atoms with Gasteiger partial charge in [-0.15, -0.1) is 0 Å². The Bertz CT molecular complexity index is 877. The lowest BCUT2D eigenvalue weighted by molar-refractivity contribution is 0.659. The van der Waals surface area contributed by atoms with Gasteiger partial charge < -0.3 is 4.98 Å². The molecule has 0 fully saturated rings. The van der Waals surface area contributed by atoms with Crippen LogP contribution in [0.2, 0.25) is 5.02 Å². The van der Waals surface area contributed by atoms with Crippen LogP contribution in [0.1, 0.15) is 24.1 Å². The van der Waals surface area contributed by atoms with Gasteiger partial charge in [0, 0.05) is 28.0 Å². The second kappa shape index (κ2) is 4.74. The summed E-state index contributed by atoms with van der Waals surface area (Å²) in [6.07, 6.45) is 5.99. The monoisotopic (exact) mass is 299 g/mol. The maximum atomic E-state index is 12.2. The molecule has 0 atom stereocenters. The van der Waals surface area contributed by atoms with Gasteiger partial charge in [0.2, 0.25) is 0 Å². The third-order valence-corrected chi connectivity index (χ3v) is 4.31. The first-order valence-corrected chi connectivity index (χ1v) is 7.49. The average Bonchev–Trinajstić information content (AvgIpc) is 2.94. The Morgan fingerprint density at radius 2 is 1.90 bits per heavy atom. The molecule has 1 aromatic carbocycles. The van der Waals surface area contributed by atoms with Gasteiger partial charge in [-0.25, -0.2) is 9.78 Å². The second-order valence-corrected chi connectivity index (χ2v) is 5.86. The predicted octanol–water partition coefficient (Wildman–Crippen LogP) is 3.22. The summed E-state index contributed by atoms with van der Waals surface area (Å²) >= 11 is 5.92. The van der Waals surface area contributed by atoms with Gasteiger partial charge in [0.25, 0.3) is 0 Å². The smallest absolute Gasteiger partial charge is 0.311 e. The van der Waals surface area contributed by atoms with Crippen LogP contribution >= 0.6 is 11.6 Å². The van der Waals surface area contributed by atoms with E-state index in [2.05, 4.69) is 9.97 Å². The van der Waals surface area contributed by atoms with Crippen LogP contribution in [0, 0.1) is 0 Å². The fourth-order valence-electron chi connectivity index (χ4n) is 2.99. The Labute approximate surface area is 126 Å². The summed E-state index contributed by atoms with van der Waals surface area (Å²) in [5.74, 6) is 0. The number of H-pyrrole nitrogens is 1. The molecule has 0 spiro atoms. The lowest BCUT2D eigenvalue weighted by Crippen LogP contribution is -2.21.